The Morgan fingerprint density at radius 3 is 2.56 bits per heavy atom. The first-order valence-corrected chi connectivity index (χ1v) is 5.62. The molecule has 0 radical (unpaired) electrons. The van der Waals surface area contributed by atoms with Gasteiger partial charge in [-0.15, -0.1) is 0 Å². The van der Waals surface area contributed by atoms with Crippen molar-refractivity contribution < 1.29 is 19.4 Å². The van der Waals surface area contributed by atoms with Gasteiger partial charge in [-0.2, -0.15) is 0 Å². The standard InChI is InChI=1S/C11H19NO4/c1-3-16-10(15)7-11(4-5-11)12-8(2)6-9(13)14/h8,12H,3-7H2,1-2H3,(H,13,14)/t8-/m0/s1. The molecule has 0 aromatic carbocycles. The number of rotatable bonds is 7. The van der Waals surface area contributed by atoms with E-state index in [1.165, 1.54) is 0 Å². The van der Waals surface area contributed by atoms with E-state index in [1.807, 2.05) is 6.92 Å². The SMILES string of the molecule is CCOC(=O)CC1(N[C@@H](C)CC(=O)O)CC1. The number of aliphatic carboxylic acids is 1. The molecule has 0 aromatic rings. The van der Waals surface area contributed by atoms with Crippen LogP contribution in [0.25, 0.3) is 0 Å². The normalized spacial score (nSPS) is 18.9. The van der Waals surface area contributed by atoms with Crippen LogP contribution in [0.5, 0.6) is 0 Å². The van der Waals surface area contributed by atoms with Crippen molar-refractivity contribution in [2.45, 2.75) is 51.1 Å². The molecule has 0 aliphatic heterocycles. The van der Waals surface area contributed by atoms with Gasteiger partial charge in [-0.3, -0.25) is 9.59 Å². The third-order valence-electron chi connectivity index (χ3n) is 2.67. The fourth-order valence-corrected chi connectivity index (χ4v) is 1.85. The number of ether oxygens (including phenoxy) is 1. The Hall–Kier alpha value is -1.10. The molecule has 0 heterocycles. The Balaban J connectivity index is 2.34. The molecule has 0 saturated heterocycles. The molecule has 92 valence electrons. The van der Waals surface area contributed by atoms with Crippen molar-refractivity contribution in [3.8, 4) is 0 Å². The predicted octanol–water partition coefficient (Wildman–Crippen LogP) is 0.925. The molecule has 1 rings (SSSR count). The summed E-state index contributed by atoms with van der Waals surface area (Å²) in [6, 6.07) is -0.116. The van der Waals surface area contributed by atoms with E-state index in [4.69, 9.17) is 9.84 Å². The fraction of sp³-hybridized carbons (Fsp3) is 0.818. The van der Waals surface area contributed by atoms with E-state index in [2.05, 4.69) is 5.32 Å². The molecule has 0 spiro atoms. The smallest absolute Gasteiger partial charge is 0.307 e. The minimum absolute atomic E-state index is 0.0740. The number of hydrogen-bond acceptors (Lipinski definition) is 4. The first-order valence-electron chi connectivity index (χ1n) is 5.62. The van der Waals surface area contributed by atoms with Crippen molar-refractivity contribution >= 4 is 11.9 Å². The maximum Gasteiger partial charge on any atom is 0.307 e. The van der Waals surface area contributed by atoms with Gasteiger partial charge >= 0.3 is 11.9 Å². The lowest BCUT2D eigenvalue weighted by Gasteiger charge is -2.20. The molecule has 5 heteroatoms. The van der Waals surface area contributed by atoms with Gasteiger partial charge in [0, 0.05) is 11.6 Å². The molecule has 0 amide bonds. The van der Waals surface area contributed by atoms with E-state index in [9.17, 15) is 9.59 Å². The van der Waals surface area contributed by atoms with E-state index in [0.29, 0.717) is 13.0 Å². The number of nitrogens with one attached hydrogen (secondary N) is 1. The van der Waals surface area contributed by atoms with Gasteiger partial charge in [0.15, 0.2) is 0 Å². The van der Waals surface area contributed by atoms with Gasteiger partial charge in [0.2, 0.25) is 0 Å². The summed E-state index contributed by atoms with van der Waals surface area (Å²) in [5.74, 6) is -1.04. The molecule has 0 aromatic heterocycles. The van der Waals surface area contributed by atoms with E-state index in [1.54, 1.807) is 6.92 Å². The molecular formula is C11H19NO4. The van der Waals surface area contributed by atoms with Gasteiger partial charge in [0.25, 0.3) is 0 Å². The molecule has 1 saturated carbocycles. The van der Waals surface area contributed by atoms with Crippen LogP contribution in [-0.2, 0) is 14.3 Å². The van der Waals surface area contributed by atoms with Gasteiger partial charge in [-0.1, -0.05) is 0 Å². The predicted molar refractivity (Wildman–Crippen MR) is 58.1 cm³/mol. The molecule has 1 aliphatic rings. The Kier molecular flexibility index (Phi) is 4.29. The maximum absolute atomic E-state index is 11.3. The zero-order chi connectivity index (χ0) is 12.2. The Morgan fingerprint density at radius 1 is 1.50 bits per heavy atom. The number of esters is 1. The van der Waals surface area contributed by atoms with Crippen molar-refractivity contribution in [1.82, 2.24) is 5.32 Å². The van der Waals surface area contributed by atoms with Crippen LogP contribution in [0.4, 0.5) is 0 Å². The zero-order valence-corrected chi connectivity index (χ0v) is 9.78. The Labute approximate surface area is 95.2 Å². The second-order valence-corrected chi connectivity index (χ2v) is 4.41. The molecule has 2 N–H and O–H groups in total. The van der Waals surface area contributed by atoms with Crippen LogP contribution in [0.15, 0.2) is 0 Å². The average molecular weight is 229 g/mol. The highest BCUT2D eigenvalue weighted by molar-refractivity contribution is 5.71. The summed E-state index contributed by atoms with van der Waals surface area (Å²) >= 11 is 0. The number of carbonyl (C=O) groups is 2. The van der Waals surface area contributed by atoms with Crippen LogP contribution in [0.1, 0.15) is 39.5 Å². The van der Waals surface area contributed by atoms with Crippen LogP contribution in [0.2, 0.25) is 0 Å². The minimum Gasteiger partial charge on any atom is -0.481 e. The third kappa shape index (κ3) is 4.18. The highest BCUT2D eigenvalue weighted by Crippen LogP contribution is 2.39. The quantitative estimate of drug-likeness (QED) is 0.635. The van der Waals surface area contributed by atoms with Crippen LogP contribution in [0, 0.1) is 0 Å². The summed E-state index contributed by atoms with van der Waals surface area (Å²) in [6.45, 7) is 3.98. The molecule has 0 unspecified atom stereocenters. The first-order chi connectivity index (χ1) is 7.47. The molecule has 0 bridgehead atoms. The van der Waals surface area contributed by atoms with E-state index in [0.717, 1.165) is 12.8 Å². The van der Waals surface area contributed by atoms with Crippen LogP contribution < -0.4 is 5.32 Å². The number of hydrogen-bond donors (Lipinski definition) is 2. The molecule has 1 atom stereocenters. The van der Waals surface area contributed by atoms with Gasteiger partial charge in [-0.05, 0) is 26.7 Å². The second-order valence-electron chi connectivity index (χ2n) is 4.41. The lowest BCUT2D eigenvalue weighted by atomic mass is 10.1. The Morgan fingerprint density at radius 2 is 2.12 bits per heavy atom. The van der Waals surface area contributed by atoms with Crippen molar-refractivity contribution in [2.24, 2.45) is 0 Å². The summed E-state index contributed by atoms with van der Waals surface area (Å²) in [4.78, 5) is 21.8. The molecule has 1 fully saturated rings. The Bertz CT molecular complexity index is 273. The summed E-state index contributed by atoms with van der Waals surface area (Å²) < 4.78 is 4.89. The molecule has 1 aliphatic carbocycles. The highest BCUT2D eigenvalue weighted by Gasteiger charge is 2.45. The summed E-state index contributed by atoms with van der Waals surface area (Å²) in [7, 11) is 0. The van der Waals surface area contributed by atoms with Crippen molar-refractivity contribution in [3.05, 3.63) is 0 Å². The van der Waals surface area contributed by atoms with Crippen molar-refractivity contribution in [1.29, 1.82) is 0 Å². The van der Waals surface area contributed by atoms with Gasteiger partial charge < -0.3 is 15.2 Å². The first kappa shape index (κ1) is 13.0. The number of carboxylic acid groups (broad SMARTS) is 1. The average Bonchev–Trinajstić information content (AvgIpc) is 2.82. The fourth-order valence-electron chi connectivity index (χ4n) is 1.85. The zero-order valence-electron chi connectivity index (χ0n) is 9.78. The van der Waals surface area contributed by atoms with Gasteiger partial charge in [0.1, 0.15) is 0 Å². The minimum atomic E-state index is -0.827. The molecule has 16 heavy (non-hydrogen) atoms. The topological polar surface area (TPSA) is 75.6 Å². The summed E-state index contributed by atoms with van der Waals surface area (Å²) in [6.07, 6.45) is 2.24. The monoisotopic (exact) mass is 229 g/mol. The highest BCUT2D eigenvalue weighted by atomic mass is 16.5. The van der Waals surface area contributed by atoms with Crippen LogP contribution in [-0.4, -0.2) is 35.2 Å². The summed E-state index contributed by atoms with van der Waals surface area (Å²) in [5.41, 5.74) is -0.207. The molecule has 5 nitrogen and oxygen atoms in total. The lowest BCUT2D eigenvalue weighted by molar-refractivity contribution is -0.144. The second kappa shape index (κ2) is 5.30. The largest absolute Gasteiger partial charge is 0.481 e. The summed E-state index contributed by atoms with van der Waals surface area (Å²) in [5, 5.41) is 11.8. The van der Waals surface area contributed by atoms with Gasteiger partial charge in [0.05, 0.1) is 19.4 Å². The number of carbonyl (C=O) groups excluding carboxylic acids is 1. The van der Waals surface area contributed by atoms with Crippen LogP contribution in [0.3, 0.4) is 0 Å². The lowest BCUT2D eigenvalue weighted by Crippen LogP contribution is -2.41. The van der Waals surface area contributed by atoms with E-state index in [-0.39, 0.29) is 24.0 Å². The third-order valence-corrected chi connectivity index (χ3v) is 2.67. The van der Waals surface area contributed by atoms with E-state index >= 15 is 0 Å². The van der Waals surface area contributed by atoms with E-state index < -0.39 is 5.97 Å². The maximum atomic E-state index is 11.3. The molecular weight excluding hydrogens is 210 g/mol. The number of carboxylic acids is 1. The van der Waals surface area contributed by atoms with Gasteiger partial charge in [-0.25, -0.2) is 0 Å². The van der Waals surface area contributed by atoms with Crippen LogP contribution >= 0.6 is 0 Å². The van der Waals surface area contributed by atoms with Crippen molar-refractivity contribution in [2.75, 3.05) is 6.61 Å². The van der Waals surface area contributed by atoms with Crippen molar-refractivity contribution in [3.63, 3.8) is 0 Å².